The smallest absolute Gasteiger partial charge is 0.224 e. The first-order chi connectivity index (χ1) is 9.08. The number of carbonyl (C=O) groups excluding carboxylic acids is 1. The summed E-state index contributed by atoms with van der Waals surface area (Å²) in [6.07, 6.45) is 2.53. The van der Waals surface area contributed by atoms with Crippen LogP contribution in [0, 0.1) is 5.92 Å². The van der Waals surface area contributed by atoms with Crippen molar-refractivity contribution in [3.63, 3.8) is 0 Å². The molecule has 0 heterocycles. The third-order valence-electron chi connectivity index (χ3n) is 3.17. The molecule has 2 unspecified atom stereocenters. The Bertz CT molecular complexity index is 409. The van der Waals surface area contributed by atoms with Crippen molar-refractivity contribution < 1.29 is 4.79 Å². The van der Waals surface area contributed by atoms with Gasteiger partial charge in [-0.2, -0.15) is 0 Å². The van der Waals surface area contributed by atoms with E-state index in [4.69, 9.17) is 17.3 Å². The number of benzene rings is 1. The second kappa shape index (κ2) is 8.18. The molecule has 19 heavy (non-hydrogen) atoms. The summed E-state index contributed by atoms with van der Waals surface area (Å²) in [6.45, 7) is 4.45. The van der Waals surface area contributed by atoms with Crippen LogP contribution >= 0.6 is 11.6 Å². The van der Waals surface area contributed by atoms with Crippen molar-refractivity contribution in [2.45, 2.75) is 39.2 Å². The molecule has 0 bridgehead atoms. The third-order valence-corrected chi connectivity index (χ3v) is 3.53. The first-order valence-corrected chi connectivity index (χ1v) is 7.20. The standard InChI is InChI=1S/C15H23ClN2O/c1-3-6-13(10-17)15(19)18-11(2)9-12-7-4-5-8-14(12)16/h4-5,7-8,11,13H,3,6,9-10,17H2,1-2H3,(H,18,19). The fourth-order valence-corrected chi connectivity index (χ4v) is 2.32. The Balaban J connectivity index is 2.53. The molecule has 106 valence electrons. The highest BCUT2D eigenvalue weighted by atomic mass is 35.5. The van der Waals surface area contributed by atoms with Gasteiger partial charge in [0.05, 0.1) is 5.92 Å². The molecule has 1 aromatic carbocycles. The molecule has 4 heteroatoms. The molecular weight excluding hydrogens is 260 g/mol. The Kier molecular flexibility index (Phi) is 6.89. The lowest BCUT2D eigenvalue weighted by molar-refractivity contribution is -0.125. The normalized spacial score (nSPS) is 13.9. The zero-order valence-electron chi connectivity index (χ0n) is 11.7. The second-order valence-corrected chi connectivity index (χ2v) is 5.33. The van der Waals surface area contributed by atoms with E-state index in [2.05, 4.69) is 12.2 Å². The van der Waals surface area contributed by atoms with Gasteiger partial charge in [0.2, 0.25) is 5.91 Å². The molecule has 0 aromatic heterocycles. The number of nitrogens with two attached hydrogens (primary N) is 1. The van der Waals surface area contributed by atoms with Gasteiger partial charge in [-0.05, 0) is 31.4 Å². The van der Waals surface area contributed by atoms with E-state index in [0.29, 0.717) is 6.54 Å². The summed E-state index contributed by atoms with van der Waals surface area (Å²) in [5.41, 5.74) is 6.68. The van der Waals surface area contributed by atoms with E-state index in [1.54, 1.807) is 0 Å². The molecule has 0 aliphatic heterocycles. The number of carbonyl (C=O) groups is 1. The quantitative estimate of drug-likeness (QED) is 0.808. The van der Waals surface area contributed by atoms with Crippen LogP contribution in [-0.2, 0) is 11.2 Å². The largest absolute Gasteiger partial charge is 0.353 e. The summed E-state index contributed by atoms with van der Waals surface area (Å²) in [4.78, 5) is 12.0. The van der Waals surface area contributed by atoms with Gasteiger partial charge >= 0.3 is 0 Å². The number of halogens is 1. The van der Waals surface area contributed by atoms with Crippen molar-refractivity contribution in [3.8, 4) is 0 Å². The van der Waals surface area contributed by atoms with Gasteiger partial charge in [-0.3, -0.25) is 4.79 Å². The van der Waals surface area contributed by atoms with Gasteiger partial charge in [0.1, 0.15) is 0 Å². The molecule has 0 aliphatic rings. The van der Waals surface area contributed by atoms with E-state index >= 15 is 0 Å². The molecule has 1 amide bonds. The fourth-order valence-electron chi connectivity index (χ4n) is 2.11. The Labute approximate surface area is 120 Å². The molecule has 1 rings (SSSR count). The number of nitrogens with one attached hydrogen (secondary N) is 1. The molecule has 0 aliphatic carbocycles. The summed E-state index contributed by atoms with van der Waals surface area (Å²) in [6, 6.07) is 7.76. The molecule has 3 N–H and O–H groups in total. The van der Waals surface area contributed by atoms with Crippen molar-refractivity contribution in [1.82, 2.24) is 5.32 Å². The topological polar surface area (TPSA) is 55.1 Å². The van der Waals surface area contributed by atoms with E-state index in [1.807, 2.05) is 31.2 Å². The van der Waals surface area contributed by atoms with Gasteiger partial charge in [0, 0.05) is 17.6 Å². The third kappa shape index (κ3) is 5.21. The molecular formula is C15H23ClN2O. The van der Waals surface area contributed by atoms with Crippen molar-refractivity contribution in [2.75, 3.05) is 6.54 Å². The molecule has 3 nitrogen and oxygen atoms in total. The first kappa shape index (κ1) is 16.0. The summed E-state index contributed by atoms with van der Waals surface area (Å²) >= 11 is 6.11. The van der Waals surface area contributed by atoms with Gasteiger partial charge in [-0.1, -0.05) is 43.1 Å². The van der Waals surface area contributed by atoms with Gasteiger partial charge < -0.3 is 11.1 Å². The molecule has 1 aromatic rings. The van der Waals surface area contributed by atoms with E-state index < -0.39 is 0 Å². The van der Waals surface area contributed by atoms with Crippen molar-refractivity contribution >= 4 is 17.5 Å². The van der Waals surface area contributed by atoms with Crippen LogP contribution in [0.25, 0.3) is 0 Å². The lowest BCUT2D eigenvalue weighted by Crippen LogP contribution is -2.40. The van der Waals surface area contributed by atoms with Crippen LogP contribution < -0.4 is 11.1 Å². The monoisotopic (exact) mass is 282 g/mol. The van der Waals surface area contributed by atoms with E-state index in [0.717, 1.165) is 29.8 Å². The fraction of sp³-hybridized carbons (Fsp3) is 0.533. The average molecular weight is 283 g/mol. The molecule has 0 radical (unpaired) electrons. The summed E-state index contributed by atoms with van der Waals surface area (Å²) in [5, 5.41) is 3.76. The lowest BCUT2D eigenvalue weighted by atomic mass is 10.0. The minimum atomic E-state index is -0.0845. The van der Waals surface area contributed by atoms with E-state index in [-0.39, 0.29) is 17.9 Å². The maximum atomic E-state index is 12.0. The maximum Gasteiger partial charge on any atom is 0.224 e. The minimum absolute atomic E-state index is 0.0453. The van der Waals surface area contributed by atoms with Crippen LogP contribution in [0.1, 0.15) is 32.3 Å². The molecule has 0 spiro atoms. The zero-order chi connectivity index (χ0) is 14.3. The predicted molar refractivity (Wildman–Crippen MR) is 80.2 cm³/mol. The maximum absolute atomic E-state index is 12.0. The molecule has 0 fully saturated rings. The average Bonchev–Trinajstić information content (AvgIpc) is 2.38. The van der Waals surface area contributed by atoms with Gasteiger partial charge in [-0.25, -0.2) is 0 Å². The zero-order valence-corrected chi connectivity index (χ0v) is 12.4. The van der Waals surface area contributed by atoms with Crippen molar-refractivity contribution in [1.29, 1.82) is 0 Å². The van der Waals surface area contributed by atoms with Gasteiger partial charge in [0.15, 0.2) is 0 Å². The Morgan fingerprint density at radius 1 is 1.42 bits per heavy atom. The van der Waals surface area contributed by atoms with Crippen LogP contribution in [0.5, 0.6) is 0 Å². The number of hydrogen-bond donors (Lipinski definition) is 2. The van der Waals surface area contributed by atoms with Crippen molar-refractivity contribution in [3.05, 3.63) is 34.9 Å². The summed E-state index contributed by atoms with van der Waals surface area (Å²) in [5.74, 6) is -0.0393. The van der Waals surface area contributed by atoms with E-state index in [1.165, 1.54) is 0 Å². The highest BCUT2D eigenvalue weighted by Gasteiger charge is 2.18. The van der Waals surface area contributed by atoms with Gasteiger partial charge in [0.25, 0.3) is 0 Å². The second-order valence-electron chi connectivity index (χ2n) is 4.93. The van der Waals surface area contributed by atoms with Crippen molar-refractivity contribution in [2.24, 2.45) is 11.7 Å². The molecule has 2 atom stereocenters. The highest BCUT2D eigenvalue weighted by Crippen LogP contribution is 2.16. The van der Waals surface area contributed by atoms with Crippen LogP contribution in [0.3, 0.4) is 0 Å². The number of hydrogen-bond acceptors (Lipinski definition) is 2. The van der Waals surface area contributed by atoms with Crippen LogP contribution in [0.15, 0.2) is 24.3 Å². The van der Waals surface area contributed by atoms with E-state index in [9.17, 15) is 4.79 Å². The van der Waals surface area contributed by atoms with Crippen LogP contribution in [-0.4, -0.2) is 18.5 Å². The summed E-state index contributed by atoms with van der Waals surface area (Å²) in [7, 11) is 0. The summed E-state index contributed by atoms with van der Waals surface area (Å²) < 4.78 is 0. The highest BCUT2D eigenvalue weighted by molar-refractivity contribution is 6.31. The predicted octanol–water partition coefficient (Wildman–Crippen LogP) is 2.76. The van der Waals surface area contributed by atoms with Crippen LogP contribution in [0.2, 0.25) is 5.02 Å². The van der Waals surface area contributed by atoms with Gasteiger partial charge in [-0.15, -0.1) is 0 Å². The van der Waals surface area contributed by atoms with Crippen LogP contribution in [0.4, 0.5) is 0 Å². The number of amides is 1. The Morgan fingerprint density at radius 3 is 2.68 bits per heavy atom. The Hall–Kier alpha value is -1.06. The first-order valence-electron chi connectivity index (χ1n) is 6.82. The number of rotatable bonds is 7. The minimum Gasteiger partial charge on any atom is -0.353 e. The SMILES string of the molecule is CCCC(CN)C(=O)NC(C)Cc1ccccc1Cl. The Morgan fingerprint density at radius 2 is 2.11 bits per heavy atom. The lowest BCUT2D eigenvalue weighted by Gasteiger charge is -2.19. The molecule has 0 saturated carbocycles. The molecule has 0 saturated heterocycles.